The summed E-state index contributed by atoms with van der Waals surface area (Å²) in [7, 11) is 0. The lowest BCUT2D eigenvalue weighted by Crippen LogP contribution is -2.43. The highest BCUT2D eigenvalue weighted by Gasteiger charge is 2.45. The Balaban J connectivity index is 1.20. The third-order valence-electron chi connectivity index (χ3n) is 11.1. The fraction of sp³-hybridized carbons (Fsp3) is 0.946. The average Bonchev–Trinajstić information content (AvgIpc) is 2.95. The van der Waals surface area contributed by atoms with Crippen LogP contribution in [-0.4, -0.2) is 17.9 Å². The normalized spacial score (nSPS) is 28.2. The summed E-state index contributed by atoms with van der Waals surface area (Å²) >= 11 is 0. The van der Waals surface area contributed by atoms with Crippen molar-refractivity contribution >= 4 is 11.8 Å². The van der Waals surface area contributed by atoms with Gasteiger partial charge < -0.3 is 4.74 Å². The van der Waals surface area contributed by atoms with E-state index in [2.05, 4.69) is 6.92 Å². The van der Waals surface area contributed by atoms with Gasteiger partial charge in [0.25, 0.3) is 0 Å². The lowest BCUT2D eigenvalue weighted by atomic mass is 9.56. The van der Waals surface area contributed by atoms with Crippen LogP contribution in [0.5, 0.6) is 0 Å². The van der Waals surface area contributed by atoms with Crippen molar-refractivity contribution in [3.63, 3.8) is 0 Å². The summed E-state index contributed by atoms with van der Waals surface area (Å²) in [5.41, 5.74) is 0. The Bertz CT molecular complexity index is 700. The van der Waals surface area contributed by atoms with Gasteiger partial charge in [-0.3, -0.25) is 9.59 Å². The number of fused-ring (bicyclic) bond motifs is 3. The zero-order valence-electron chi connectivity index (χ0n) is 26.9. The van der Waals surface area contributed by atoms with Crippen LogP contribution in [0.25, 0.3) is 0 Å². The van der Waals surface area contributed by atoms with E-state index in [4.69, 9.17) is 4.74 Å². The quantitative estimate of drug-likeness (QED) is 0.110. The van der Waals surface area contributed by atoms with Crippen LogP contribution in [0.4, 0.5) is 0 Å². The molecule has 0 unspecified atom stereocenters. The van der Waals surface area contributed by atoms with Crippen molar-refractivity contribution in [2.75, 3.05) is 0 Å². The van der Waals surface area contributed by atoms with Crippen LogP contribution < -0.4 is 0 Å². The summed E-state index contributed by atoms with van der Waals surface area (Å²) in [4.78, 5) is 24.2. The van der Waals surface area contributed by atoms with Crippen LogP contribution in [0.1, 0.15) is 181 Å². The molecule has 3 nitrogen and oxygen atoms in total. The number of carbonyl (C=O) groups is 2. The van der Waals surface area contributed by atoms with Gasteiger partial charge in [0.05, 0.1) is 6.42 Å². The molecule has 0 amide bonds. The van der Waals surface area contributed by atoms with E-state index in [0.717, 1.165) is 42.4 Å². The zero-order valence-corrected chi connectivity index (χ0v) is 26.9. The van der Waals surface area contributed by atoms with Gasteiger partial charge in [-0.25, -0.2) is 0 Å². The summed E-state index contributed by atoms with van der Waals surface area (Å²) in [6, 6.07) is 0. The van der Waals surface area contributed by atoms with E-state index < -0.39 is 0 Å². The summed E-state index contributed by atoms with van der Waals surface area (Å²) in [5.74, 6) is 4.54. The number of ether oxygens (including phenoxy) is 1. The maximum absolute atomic E-state index is 12.3. The number of rotatable bonds is 20. The number of esters is 1. The van der Waals surface area contributed by atoms with Crippen molar-refractivity contribution in [2.24, 2.45) is 35.5 Å². The largest absolute Gasteiger partial charge is 0.462 e. The van der Waals surface area contributed by atoms with Crippen molar-refractivity contribution in [1.29, 1.82) is 0 Å². The van der Waals surface area contributed by atoms with Gasteiger partial charge in [0, 0.05) is 12.3 Å². The first-order valence-electron chi connectivity index (χ1n) is 18.2. The number of ketones is 1. The smallest absolute Gasteiger partial charge is 0.306 e. The predicted octanol–water partition coefficient (Wildman–Crippen LogP) is 11.0. The van der Waals surface area contributed by atoms with E-state index in [1.807, 2.05) is 13.8 Å². The molecule has 3 rings (SSSR count). The average molecular weight is 559 g/mol. The van der Waals surface area contributed by atoms with Crippen molar-refractivity contribution in [1.82, 2.24) is 0 Å². The van der Waals surface area contributed by atoms with Crippen LogP contribution >= 0.6 is 0 Å². The van der Waals surface area contributed by atoms with Gasteiger partial charge in [0.15, 0.2) is 0 Å². The Hall–Kier alpha value is -0.860. The number of unbranched alkanes of at least 4 members (excludes halogenated alkanes) is 13. The Morgan fingerprint density at radius 3 is 1.73 bits per heavy atom. The molecule has 3 fully saturated rings. The maximum atomic E-state index is 12.3. The Morgan fingerprint density at radius 1 is 0.625 bits per heavy atom. The molecule has 0 aromatic carbocycles. The van der Waals surface area contributed by atoms with E-state index >= 15 is 0 Å². The molecular weight excluding hydrogens is 492 g/mol. The molecule has 0 bridgehead atoms. The lowest BCUT2D eigenvalue weighted by Gasteiger charge is -2.50. The molecule has 0 aromatic heterocycles. The molecule has 0 heterocycles. The third kappa shape index (κ3) is 12.2. The Morgan fingerprint density at radius 2 is 1.15 bits per heavy atom. The minimum Gasteiger partial charge on any atom is -0.462 e. The minimum atomic E-state index is -0.157. The molecule has 3 saturated carbocycles. The van der Waals surface area contributed by atoms with Crippen molar-refractivity contribution in [3.8, 4) is 0 Å². The molecule has 0 spiro atoms. The number of hydrogen-bond acceptors (Lipinski definition) is 3. The monoisotopic (exact) mass is 559 g/mol. The molecule has 40 heavy (non-hydrogen) atoms. The topological polar surface area (TPSA) is 43.4 Å². The second kappa shape index (κ2) is 19.4. The van der Waals surface area contributed by atoms with Crippen molar-refractivity contribution in [3.05, 3.63) is 0 Å². The van der Waals surface area contributed by atoms with Crippen LogP contribution in [0, 0.1) is 35.5 Å². The first-order chi connectivity index (χ1) is 19.5. The Labute approximate surface area is 248 Å². The summed E-state index contributed by atoms with van der Waals surface area (Å²) < 4.78 is 5.85. The second-order valence-electron chi connectivity index (χ2n) is 14.5. The summed E-state index contributed by atoms with van der Waals surface area (Å²) in [5, 5.41) is 0. The first kappa shape index (κ1) is 33.6. The number of carbonyl (C=O) groups excluding carboxylic acids is 2. The van der Waals surface area contributed by atoms with Crippen LogP contribution in [-0.2, 0) is 14.3 Å². The summed E-state index contributed by atoms with van der Waals surface area (Å²) in [6.07, 6.45) is 33.0. The molecule has 0 aliphatic heterocycles. The number of hydrogen-bond donors (Lipinski definition) is 0. The molecule has 6 atom stereocenters. The molecule has 3 heteroatoms. The van der Waals surface area contributed by atoms with Crippen molar-refractivity contribution in [2.45, 2.75) is 187 Å². The molecule has 0 aromatic rings. The fourth-order valence-corrected chi connectivity index (χ4v) is 8.60. The van der Waals surface area contributed by atoms with Gasteiger partial charge >= 0.3 is 5.97 Å². The van der Waals surface area contributed by atoms with E-state index in [1.165, 1.54) is 135 Å². The maximum Gasteiger partial charge on any atom is 0.306 e. The molecule has 0 radical (unpaired) electrons. The molecule has 232 valence electrons. The van der Waals surface area contributed by atoms with Crippen LogP contribution in [0.2, 0.25) is 0 Å². The van der Waals surface area contributed by atoms with Gasteiger partial charge in [-0.15, -0.1) is 0 Å². The highest BCUT2D eigenvalue weighted by molar-refractivity contribution is 5.84. The minimum absolute atomic E-state index is 0.00715. The highest BCUT2D eigenvalue weighted by Crippen LogP contribution is 2.53. The van der Waals surface area contributed by atoms with Gasteiger partial charge in [-0.2, -0.15) is 0 Å². The van der Waals surface area contributed by atoms with E-state index in [-0.39, 0.29) is 30.2 Å². The van der Waals surface area contributed by atoms with Gasteiger partial charge in [0.2, 0.25) is 0 Å². The third-order valence-corrected chi connectivity index (χ3v) is 11.1. The second-order valence-corrected chi connectivity index (χ2v) is 14.5. The SMILES string of the molecule is CCCCCCCCCCCCCCCC[C@H]1CC[C@H]2[C@@H](CC[C@H]3C[C@@H](OC(=O)CCC(=O)C(C)C)CC[C@@H]32)C1. The Kier molecular flexibility index (Phi) is 16.3. The molecule has 0 N–H and O–H groups in total. The van der Waals surface area contributed by atoms with Crippen LogP contribution in [0.15, 0.2) is 0 Å². The van der Waals surface area contributed by atoms with Gasteiger partial charge in [0.1, 0.15) is 11.9 Å². The van der Waals surface area contributed by atoms with E-state index in [1.54, 1.807) is 0 Å². The van der Waals surface area contributed by atoms with Crippen LogP contribution in [0.3, 0.4) is 0 Å². The van der Waals surface area contributed by atoms with E-state index in [0.29, 0.717) is 6.42 Å². The lowest BCUT2D eigenvalue weighted by molar-refractivity contribution is -0.154. The van der Waals surface area contributed by atoms with Gasteiger partial charge in [-0.05, 0) is 74.5 Å². The van der Waals surface area contributed by atoms with E-state index in [9.17, 15) is 9.59 Å². The van der Waals surface area contributed by atoms with Crippen molar-refractivity contribution < 1.29 is 14.3 Å². The fourth-order valence-electron chi connectivity index (χ4n) is 8.60. The zero-order chi connectivity index (χ0) is 28.6. The summed E-state index contributed by atoms with van der Waals surface area (Å²) in [6.45, 7) is 6.10. The van der Waals surface area contributed by atoms with Gasteiger partial charge in [-0.1, -0.05) is 124 Å². The standard InChI is InChI=1S/C37H66O3/c1-4-5-6-7-8-9-10-11-12-13-14-15-16-17-18-30-19-23-34-31(27-30)20-21-32-28-33(22-24-35(32)34)40-37(39)26-25-36(38)29(2)3/h29-35H,4-28H2,1-3H3/t30-,31-,32-,33-,34-,35-/m0/s1. The number of Topliss-reactive ketones (excluding diaryl/α,β-unsaturated/α-hetero) is 1. The highest BCUT2D eigenvalue weighted by atomic mass is 16.5. The first-order valence-corrected chi connectivity index (χ1v) is 18.2. The molecule has 3 aliphatic rings. The predicted molar refractivity (Wildman–Crippen MR) is 168 cm³/mol. The molecule has 3 aliphatic carbocycles. The molecular formula is C37H66O3. The molecule has 0 saturated heterocycles.